The fraction of sp³-hybridized carbons (Fsp3) is 0.143. The Kier molecular flexibility index (Phi) is 3.96. The van der Waals surface area contributed by atoms with Crippen molar-refractivity contribution in [3.05, 3.63) is 69.7 Å². The van der Waals surface area contributed by atoms with Gasteiger partial charge < -0.3 is 5.11 Å². The van der Waals surface area contributed by atoms with E-state index in [0.29, 0.717) is 5.56 Å². The molecule has 0 aliphatic heterocycles. The zero-order valence-electron chi connectivity index (χ0n) is 9.66. The highest BCUT2D eigenvalue weighted by Gasteiger charge is 2.34. The largest absolute Gasteiger partial charge is 0.416 e. The van der Waals surface area contributed by atoms with E-state index < -0.39 is 17.8 Å². The van der Waals surface area contributed by atoms with E-state index in [1.54, 1.807) is 24.3 Å². The maximum atomic E-state index is 12.9. The third kappa shape index (κ3) is 3.16. The minimum absolute atomic E-state index is 0.141. The van der Waals surface area contributed by atoms with Crippen LogP contribution in [0.4, 0.5) is 13.2 Å². The molecule has 0 saturated heterocycles. The standard InChI is InChI=1S/C14H10BrF3O/c15-10-7-5-9(6-8-10)13(19)11-3-1-2-4-12(11)14(16,17)18/h1-8,13,19H. The number of hydrogen-bond acceptors (Lipinski definition) is 1. The van der Waals surface area contributed by atoms with Crippen LogP contribution in [0.2, 0.25) is 0 Å². The topological polar surface area (TPSA) is 20.2 Å². The highest BCUT2D eigenvalue weighted by Crippen LogP contribution is 2.36. The van der Waals surface area contributed by atoms with Gasteiger partial charge in [0.25, 0.3) is 0 Å². The molecule has 2 aromatic carbocycles. The van der Waals surface area contributed by atoms with Gasteiger partial charge in [-0.2, -0.15) is 13.2 Å². The summed E-state index contributed by atoms with van der Waals surface area (Å²) >= 11 is 3.24. The molecule has 100 valence electrons. The Morgan fingerprint density at radius 3 is 2.11 bits per heavy atom. The second-order valence-electron chi connectivity index (χ2n) is 4.04. The highest BCUT2D eigenvalue weighted by molar-refractivity contribution is 9.10. The summed E-state index contributed by atoms with van der Waals surface area (Å²) in [5, 5.41) is 10.1. The molecular formula is C14H10BrF3O. The van der Waals surface area contributed by atoms with Gasteiger partial charge in [0, 0.05) is 4.47 Å². The molecule has 0 heterocycles. The number of hydrogen-bond donors (Lipinski definition) is 1. The van der Waals surface area contributed by atoms with Gasteiger partial charge in [0.2, 0.25) is 0 Å². The smallest absolute Gasteiger partial charge is 0.384 e. The quantitative estimate of drug-likeness (QED) is 0.856. The average molecular weight is 331 g/mol. The Morgan fingerprint density at radius 1 is 0.947 bits per heavy atom. The Balaban J connectivity index is 2.44. The molecule has 5 heteroatoms. The molecule has 0 fully saturated rings. The summed E-state index contributed by atoms with van der Waals surface area (Å²) in [6.45, 7) is 0. The molecule has 0 amide bonds. The first-order valence-electron chi connectivity index (χ1n) is 5.49. The summed E-state index contributed by atoms with van der Waals surface area (Å²) in [6, 6.07) is 11.6. The molecule has 0 aromatic heterocycles. The van der Waals surface area contributed by atoms with Gasteiger partial charge in [-0.15, -0.1) is 0 Å². The SMILES string of the molecule is OC(c1ccc(Br)cc1)c1ccccc1C(F)(F)F. The lowest BCUT2D eigenvalue weighted by Crippen LogP contribution is -2.12. The summed E-state index contributed by atoms with van der Waals surface area (Å²) in [5.41, 5.74) is -0.539. The van der Waals surface area contributed by atoms with Crippen molar-refractivity contribution in [1.82, 2.24) is 0 Å². The van der Waals surface area contributed by atoms with Crippen molar-refractivity contribution in [2.45, 2.75) is 12.3 Å². The van der Waals surface area contributed by atoms with Crippen molar-refractivity contribution >= 4 is 15.9 Å². The van der Waals surface area contributed by atoms with E-state index in [1.165, 1.54) is 18.2 Å². The van der Waals surface area contributed by atoms with Gasteiger partial charge in [0.05, 0.1) is 5.56 Å². The summed E-state index contributed by atoms with van der Waals surface area (Å²) in [4.78, 5) is 0. The molecule has 1 unspecified atom stereocenters. The van der Waals surface area contributed by atoms with Gasteiger partial charge in [-0.1, -0.05) is 46.3 Å². The van der Waals surface area contributed by atoms with E-state index in [-0.39, 0.29) is 5.56 Å². The molecule has 0 bridgehead atoms. The Hall–Kier alpha value is -1.33. The molecule has 0 saturated carbocycles. The van der Waals surface area contributed by atoms with Crippen LogP contribution >= 0.6 is 15.9 Å². The van der Waals surface area contributed by atoms with Crippen LogP contribution in [0.25, 0.3) is 0 Å². The van der Waals surface area contributed by atoms with Gasteiger partial charge in [-0.25, -0.2) is 0 Å². The van der Waals surface area contributed by atoms with Crippen molar-refractivity contribution in [2.75, 3.05) is 0 Å². The second-order valence-corrected chi connectivity index (χ2v) is 4.95. The summed E-state index contributed by atoms with van der Waals surface area (Å²) in [6.07, 6.45) is -5.78. The second kappa shape index (κ2) is 5.35. The molecule has 0 radical (unpaired) electrons. The Bertz CT molecular complexity index is 564. The van der Waals surface area contributed by atoms with E-state index in [9.17, 15) is 18.3 Å². The average Bonchev–Trinajstić information content (AvgIpc) is 2.38. The number of rotatable bonds is 2. The first-order chi connectivity index (χ1) is 8.89. The molecule has 1 atom stereocenters. The molecule has 0 aliphatic rings. The predicted molar refractivity (Wildman–Crippen MR) is 69.6 cm³/mol. The van der Waals surface area contributed by atoms with Crippen molar-refractivity contribution < 1.29 is 18.3 Å². The fourth-order valence-electron chi connectivity index (χ4n) is 1.82. The van der Waals surface area contributed by atoms with Crippen molar-refractivity contribution in [1.29, 1.82) is 0 Å². The zero-order chi connectivity index (χ0) is 14.0. The summed E-state index contributed by atoms with van der Waals surface area (Å²) in [7, 11) is 0. The lowest BCUT2D eigenvalue weighted by Gasteiger charge is -2.17. The maximum Gasteiger partial charge on any atom is 0.416 e. The van der Waals surface area contributed by atoms with Crippen LogP contribution in [0.5, 0.6) is 0 Å². The van der Waals surface area contributed by atoms with Crippen LogP contribution in [0.1, 0.15) is 22.8 Å². The zero-order valence-corrected chi connectivity index (χ0v) is 11.2. The number of aliphatic hydroxyl groups is 1. The first-order valence-corrected chi connectivity index (χ1v) is 6.28. The number of alkyl halides is 3. The summed E-state index contributed by atoms with van der Waals surface area (Å²) < 4.78 is 39.4. The Morgan fingerprint density at radius 2 is 1.53 bits per heavy atom. The number of benzene rings is 2. The van der Waals surface area contributed by atoms with E-state index in [1.807, 2.05) is 0 Å². The molecule has 0 spiro atoms. The van der Waals surface area contributed by atoms with Crippen LogP contribution in [0, 0.1) is 0 Å². The van der Waals surface area contributed by atoms with Gasteiger partial charge in [0.1, 0.15) is 6.10 Å². The van der Waals surface area contributed by atoms with Gasteiger partial charge in [-0.05, 0) is 29.3 Å². The third-order valence-electron chi connectivity index (χ3n) is 2.75. The van der Waals surface area contributed by atoms with Crippen molar-refractivity contribution in [3.63, 3.8) is 0 Å². The molecule has 2 rings (SSSR count). The maximum absolute atomic E-state index is 12.9. The minimum atomic E-state index is -4.48. The molecule has 1 N–H and O–H groups in total. The van der Waals surface area contributed by atoms with Crippen LogP contribution < -0.4 is 0 Å². The number of halogens is 4. The minimum Gasteiger partial charge on any atom is -0.384 e. The van der Waals surface area contributed by atoms with Crippen molar-refractivity contribution in [2.24, 2.45) is 0 Å². The lowest BCUT2D eigenvalue weighted by atomic mass is 9.96. The van der Waals surface area contributed by atoms with E-state index in [2.05, 4.69) is 15.9 Å². The number of aliphatic hydroxyl groups excluding tert-OH is 1. The molecule has 2 aromatic rings. The van der Waals surface area contributed by atoms with Crippen LogP contribution in [0.15, 0.2) is 53.0 Å². The van der Waals surface area contributed by atoms with E-state index >= 15 is 0 Å². The van der Waals surface area contributed by atoms with Crippen LogP contribution in [0.3, 0.4) is 0 Å². The molecular weight excluding hydrogens is 321 g/mol. The third-order valence-corrected chi connectivity index (χ3v) is 3.28. The normalized spacial score (nSPS) is 13.3. The van der Waals surface area contributed by atoms with E-state index in [4.69, 9.17) is 0 Å². The van der Waals surface area contributed by atoms with Crippen molar-refractivity contribution in [3.8, 4) is 0 Å². The first kappa shape index (κ1) is 14.1. The molecule has 19 heavy (non-hydrogen) atoms. The van der Waals surface area contributed by atoms with Gasteiger partial charge >= 0.3 is 6.18 Å². The monoisotopic (exact) mass is 330 g/mol. The molecule has 1 nitrogen and oxygen atoms in total. The van der Waals surface area contributed by atoms with Crippen LogP contribution in [-0.4, -0.2) is 5.11 Å². The predicted octanol–water partition coefficient (Wildman–Crippen LogP) is 4.55. The van der Waals surface area contributed by atoms with Gasteiger partial charge in [-0.3, -0.25) is 0 Å². The lowest BCUT2D eigenvalue weighted by molar-refractivity contribution is -0.139. The Labute approximate surface area is 116 Å². The highest BCUT2D eigenvalue weighted by atomic mass is 79.9. The van der Waals surface area contributed by atoms with Gasteiger partial charge in [0.15, 0.2) is 0 Å². The summed E-state index contributed by atoms with van der Waals surface area (Å²) in [5.74, 6) is 0. The fourth-order valence-corrected chi connectivity index (χ4v) is 2.08. The molecule has 0 aliphatic carbocycles. The van der Waals surface area contributed by atoms with Crippen LogP contribution in [-0.2, 0) is 6.18 Å². The van der Waals surface area contributed by atoms with E-state index in [0.717, 1.165) is 10.5 Å².